The molecule has 2 rings (SSSR count). The van der Waals surface area contributed by atoms with Crippen LogP contribution in [0.1, 0.15) is 0 Å². The van der Waals surface area contributed by atoms with Gasteiger partial charge in [-0.2, -0.15) is 0 Å². The van der Waals surface area contributed by atoms with E-state index in [2.05, 4.69) is 0 Å². The minimum Gasteiger partial charge on any atom is -0.110 e. The van der Waals surface area contributed by atoms with Crippen molar-refractivity contribution in [3.63, 3.8) is 0 Å². The first-order valence-corrected chi connectivity index (χ1v) is 7.67. The maximum Gasteiger partial charge on any atom is 0.179 e. The van der Waals surface area contributed by atoms with Crippen LogP contribution in [0.25, 0.3) is 0 Å². The van der Waals surface area contributed by atoms with Crippen LogP contribution in [0.5, 0.6) is 0 Å². The van der Waals surface area contributed by atoms with Crippen molar-refractivity contribution in [1.82, 2.24) is 0 Å². The van der Waals surface area contributed by atoms with E-state index in [4.69, 9.17) is 116 Å². The molecule has 0 aromatic rings. The quantitative estimate of drug-likeness (QED) is 0.396. The number of hydrogen-bond donors (Lipinski definition) is 0. The molecule has 0 aromatic heterocycles. The third-order valence-electron chi connectivity index (χ3n) is 2.94. The zero-order valence-corrected chi connectivity index (χ0v) is 14.8. The van der Waals surface area contributed by atoms with Gasteiger partial charge < -0.3 is 0 Å². The van der Waals surface area contributed by atoms with Crippen molar-refractivity contribution < 1.29 is 0 Å². The van der Waals surface area contributed by atoms with E-state index in [9.17, 15) is 0 Å². The largest absolute Gasteiger partial charge is 0.179 e. The lowest BCUT2D eigenvalue weighted by atomic mass is 9.71. The lowest BCUT2D eigenvalue weighted by Crippen LogP contribution is -2.85. The molecule has 2 atom stereocenters. The van der Waals surface area contributed by atoms with E-state index in [1.807, 2.05) is 0 Å². The molecule has 0 nitrogen and oxygen atoms in total. The molecule has 0 saturated heterocycles. The molecular weight excluding hydrogens is 439 g/mol. The molecule has 0 aromatic carbocycles. The predicted molar refractivity (Wildman–Crippen MR) is 79.2 cm³/mol. The second kappa shape index (κ2) is 3.88. The molecule has 0 aliphatic heterocycles. The lowest BCUT2D eigenvalue weighted by molar-refractivity contribution is 0.251. The van der Waals surface area contributed by atoms with Gasteiger partial charge in [-0.1, -0.05) is 92.8 Å². The van der Waals surface area contributed by atoms with Gasteiger partial charge in [0.25, 0.3) is 0 Å². The average Bonchev–Trinajstić information content (AvgIpc) is 2.30. The molecule has 1 saturated carbocycles. The molecule has 0 heterocycles. The summed E-state index contributed by atoms with van der Waals surface area (Å²) in [5, 5.41) is -0.385. The predicted octanol–water partition coefficient (Wildman–Crippen LogP) is 6.18. The average molecular weight is 439 g/mol. The molecule has 17 heavy (non-hydrogen) atoms. The molecule has 0 N–H and O–H groups in total. The third-order valence-corrected chi connectivity index (χ3v) is 10.2. The molecular formula is C7Cl10. The van der Waals surface area contributed by atoms with Gasteiger partial charge in [-0.15, -0.1) is 23.2 Å². The fourth-order valence-corrected chi connectivity index (χ4v) is 7.02. The Morgan fingerprint density at radius 1 is 0.588 bits per heavy atom. The number of fused-ring (bicyclic) bond motifs is 1. The normalized spacial score (nSPS) is 45.5. The van der Waals surface area contributed by atoms with Crippen LogP contribution in [0.2, 0.25) is 0 Å². The van der Waals surface area contributed by atoms with Crippen LogP contribution in [0.3, 0.4) is 0 Å². The van der Waals surface area contributed by atoms with E-state index >= 15 is 0 Å². The summed E-state index contributed by atoms with van der Waals surface area (Å²) in [6.45, 7) is 0. The van der Waals surface area contributed by atoms with Crippen molar-refractivity contribution >= 4 is 116 Å². The van der Waals surface area contributed by atoms with Crippen molar-refractivity contribution in [3.8, 4) is 0 Å². The molecule has 0 bridgehead atoms. The van der Waals surface area contributed by atoms with Crippen molar-refractivity contribution in [2.24, 2.45) is 0 Å². The Balaban J connectivity index is 2.79. The Bertz CT molecular complexity index is 436. The molecule has 0 spiro atoms. The van der Waals surface area contributed by atoms with Crippen LogP contribution in [0.4, 0.5) is 0 Å². The summed E-state index contributed by atoms with van der Waals surface area (Å²) in [5.41, 5.74) is 0. The first-order chi connectivity index (χ1) is 7.32. The smallest absolute Gasteiger partial charge is 0.110 e. The van der Waals surface area contributed by atoms with Crippen molar-refractivity contribution in [2.45, 2.75) is 22.7 Å². The van der Waals surface area contributed by atoms with Gasteiger partial charge in [0.2, 0.25) is 0 Å². The summed E-state index contributed by atoms with van der Waals surface area (Å²) in [6, 6.07) is 0. The third kappa shape index (κ3) is 1.27. The lowest BCUT2D eigenvalue weighted by Gasteiger charge is -2.66. The molecule has 2 unspecified atom stereocenters. The topological polar surface area (TPSA) is 0 Å². The van der Waals surface area contributed by atoms with Crippen molar-refractivity contribution in [2.75, 3.05) is 0 Å². The van der Waals surface area contributed by atoms with Gasteiger partial charge in [0.1, 0.15) is 9.75 Å². The summed E-state index contributed by atoms with van der Waals surface area (Å²) in [7, 11) is 0. The van der Waals surface area contributed by atoms with E-state index in [1.165, 1.54) is 0 Å². The Labute approximate surface area is 147 Å². The summed E-state index contributed by atoms with van der Waals surface area (Å²) < 4.78 is -5.77. The second-order valence-electron chi connectivity index (χ2n) is 3.67. The Morgan fingerprint density at radius 2 is 1.00 bits per heavy atom. The highest BCUT2D eigenvalue weighted by molar-refractivity contribution is 6.78. The molecule has 10 heteroatoms. The zero-order chi connectivity index (χ0) is 13.7. The van der Waals surface area contributed by atoms with Gasteiger partial charge in [0.15, 0.2) is 13.0 Å². The van der Waals surface area contributed by atoms with Crippen LogP contribution in [-0.2, 0) is 0 Å². The fraction of sp³-hybridized carbons (Fsp3) is 0.714. The van der Waals surface area contributed by atoms with E-state index in [0.717, 1.165) is 0 Å². The second-order valence-corrected chi connectivity index (χ2v) is 9.54. The van der Waals surface area contributed by atoms with E-state index in [1.54, 1.807) is 0 Å². The molecule has 2 aliphatic rings. The summed E-state index contributed by atoms with van der Waals surface area (Å²) >= 11 is 60.5. The SMILES string of the molecule is ClC1=C(Cl)C2(Cl)C(Cl)(Cl)C(Cl)(Cl)C2(Cl)C1(Cl)Cl. The number of halogens is 10. The highest BCUT2D eigenvalue weighted by Crippen LogP contribution is 2.85. The standard InChI is InChI=1S/C7Cl10/c8-1-2(9)4(11,12)5(13)3(1,10)6(14,15)7(5,16)17. The highest BCUT2D eigenvalue weighted by Gasteiger charge is 2.96. The minimum absolute atomic E-state index is 0.178. The van der Waals surface area contributed by atoms with Crippen LogP contribution in [-0.4, -0.2) is 22.7 Å². The number of hydrogen-bond acceptors (Lipinski definition) is 0. The Kier molecular flexibility index (Phi) is 3.66. The Hall–Kier alpha value is 2.64. The summed E-state index contributed by atoms with van der Waals surface area (Å²) in [6.07, 6.45) is 0. The minimum atomic E-state index is -1.95. The van der Waals surface area contributed by atoms with Gasteiger partial charge in [0.05, 0.1) is 10.1 Å². The van der Waals surface area contributed by atoms with Crippen LogP contribution in [0.15, 0.2) is 10.1 Å². The van der Waals surface area contributed by atoms with Crippen molar-refractivity contribution in [3.05, 3.63) is 10.1 Å². The molecule has 98 valence electrons. The number of allylic oxidation sites excluding steroid dienone is 2. The van der Waals surface area contributed by atoms with E-state index < -0.39 is 22.7 Å². The van der Waals surface area contributed by atoms with Gasteiger partial charge >= 0.3 is 0 Å². The van der Waals surface area contributed by atoms with Crippen molar-refractivity contribution in [1.29, 1.82) is 0 Å². The summed E-state index contributed by atoms with van der Waals surface area (Å²) in [4.78, 5) is -3.64. The molecule has 0 radical (unpaired) electrons. The molecule has 1 fully saturated rings. The first-order valence-electron chi connectivity index (χ1n) is 3.89. The molecule has 0 amide bonds. The monoisotopic (exact) mass is 434 g/mol. The summed E-state index contributed by atoms with van der Waals surface area (Å²) in [5.74, 6) is 0. The zero-order valence-electron chi connectivity index (χ0n) is 7.28. The van der Waals surface area contributed by atoms with Crippen LogP contribution >= 0.6 is 116 Å². The van der Waals surface area contributed by atoms with Gasteiger partial charge in [0, 0.05) is 0 Å². The number of rotatable bonds is 0. The fourth-order valence-electron chi connectivity index (χ4n) is 1.95. The van der Waals surface area contributed by atoms with Crippen LogP contribution in [0, 0.1) is 0 Å². The number of alkyl halides is 8. The molecule has 2 aliphatic carbocycles. The van der Waals surface area contributed by atoms with E-state index in [-0.39, 0.29) is 10.1 Å². The Morgan fingerprint density at radius 3 is 1.35 bits per heavy atom. The van der Waals surface area contributed by atoms with Gasteiger partial charge in [-0.25, -0.2) is 0 Å². The maximum absolute atomic E-state index is 6.26. The van der Waals surface area contributed by atoms with E-state index in [0.29, 0.717) is 0 Å². The first kappa shape index (κ1) is 16.0. The van der Waals surface area contributed by atoms with Gasteiger partial charge in [-0.05, 0) is 0 Å². The maximum atomic E-state index is 6.26. The highest BCUT2D eigenvalue weighted by atomic mass is 35.5. The van der Waals surface area contributed by atoms with Gasteiger partial charge in [-0.3, -0.25) is 0 Å². The van der Waals surface area contributed by atoms with Crippen LogP contribution < -0.4 is 0 Å².